The number of nitrogens with two attached hydrogens (primary N) is 1. The average molecular weight is 270 g/mol. The van der Waals surface area contributed by atoms with Gasteiger partial charge in [0.1, 0.15) is 0 Å². The second-order valence-corrected chi connectivity index (χ2v) is 4.51. The highest BCUT2D eigenvalue weighted by atomic mass is 35.5. The lowest BCUT2D eigenvalue weighted by Gasteiger charge is -2.10. The summed E-state index contributed by atoms with van der Waals surface area (Å²) >= 11 is 5.91. The highest BCUT2D eigenvalue weighted by Gasteiger charge is 2.08. The predicted molar refractivity (Wildman–Crippen MR) is 72.7 cm³/mol. The van der Waals surface area contributed by atoms with Crippen LogP contribution in [0.3, 0.4) is 0 Å². The van der Waals surface area contributed by atoms with Crippen molar-refractivity contribution in [3.05, 3.63) is 23.2 Å². The number of nitrogens with one attached hydrogen (secondary N) is 2. The largest absolute Gasteiger partial charge is 0.327 e. The van der Waals surface area contributed by atoms with E-state index in [1.165, 1.54) is 6.92 Å². The highest BCUT2D eigenvalue weighted by molar-refractivity contribution is 6.33. The van der Waals surface area contributed by atoms with Crippen LogP contribution in [0.1, 0.15) is 20.3 Å². The Morgan fingerprint density at radius 2 is 2.06 bits per heavy atom. The van der Waals surface area contributed by atoms with Crippen LogP contribution in [0, 0.1) is 0 Å². The van der Waals surface area contributed by atoms with Gasteiger partial charge in [0, 0.05) is 25.1 Å². The van der Waals surface area contributed by atoms with Gasteiger partial charge in [0.25, 0.3) is 0 Å². The van der Waals surface area contributed by atoms with Gasteiger partial charge in [0.2, 0.25) is 11.8 Å². The van der Waals surface area contributed by atoms with Crippen LogP contribution < -0.4 is 16.4 Å². The zero-order chi connectivity index (χ0) is 13.7. The molecule has 5 nitrogen and oxygen atoms in total. The van der Waals surface area contributed by atoms with Gasteiger partial charge in [-0.25, -0.2) is 0 Å². The summed E-state index contributed by atoms with van der Waals surface area (Å²) in [5.41, 5.74) is 6.55. The molecule has 0 fully saturated rings. The van der Waals surface area contributed by atoms with Gasteiger partial charge >= 0.3 is 0 Å². The fraction of sp³-hybridized carbons (Fsp3) is 0.333. The molecule has 1 rings (SSSR count). The predicted octanol–water partition coefficient (Wildman–Crippen LogP) is 1.97. The van der Waals surface area contributed by atoms with Crippen molar-refractivity contribution in [2.45, 2.75) is 26.3 Å². The van der Waals surface area contributed by atoms with Gasteiger partial charge in [0.05, 0.1) is 10.7 Å². The van der Waals surface area contributed by atoms with E-state index >= 15 is 0 Å². The molecule has 1 aromatic carbocycles. The molecule has 0 heterocycles. The number of benzene rings is 1. The monoisotopic (exact) mass is 269 g/mol. The SMILES string of the molecule is CC(=O)Nc1cc(NC(=O)CC(C)N)ccc1Cl. The van der Waals surface area contributed by atoms with E-state index in [4.69, 9.17) is 17.3 Å². The van der Waals surface area contributed by atoms with Crippen LogP contribution in [0.25, 0.3) is 0 Å². The molecule has 0 aromatic heterocycles. The normalized spacial score (nSPS) is 11.8. The maximum atomic E-state index is 11.5. The molecule has 1 aromatic rings. The fourth-order valence-electron chi connectivity index (χ4n) is 1.39. The Bertz CT molecular complexity index is 461. The number of hydrogen-bond donors (Lipinski definition) is 3. The second-order valence-electron chi connectivity index (χ2n) is 4.11. The van der Waals surface area contributed by atoms with E-state index < -0.39 is 0 Å². The minimum Gasteiger partial charge on any atom is -0.327 e. The molecule has 0 saturated heterocycles. The van der Waals surface area contributed by atoms with Crippen LogP contribution in [-0.4, -0.2) is 17.9 Å². The third kappa shape index (κ3) is 4.73. The Balaban J connectivity index is 2.78. The van der Waals surface area contributed by atoms with Gasteiger partial charge in [-0.2, -0.15) is 0 Å². The minimum atomic E-state index is -0.226. The fourth-order valence-corrected chi connectivity index (χ4v) is 1.56. The summed E-state index contributed by atoms with van der Waals surface area (Å²) in [7, 11) is 0. The Morgan fingerprint density at radius 3 is 2.61 bits per heavy atom. The molecular formula is C12H16ClN3O2. The van der Waals surface area contributed by atoms with Crippen LogP contribution in [0.4, 0.5) is 11.4 Å². The Labute approximate surface area is 111 Å². The molecule has 98 valence electrons. The molecule has 0 spiro atoms. The van der Waals surface area contributed by atoms with Gasteiger partial charge in [-0.05, 0) is 25.1 Å². The lowest BCUT2D eigenvalue weighted by molar-refractivity contribution is -0.116. The van der Waals surface area contributed by atoms with Gasteiger partial charge in [-0.1, -0.05) is 11.6 Å². The number of hydrogen-bond acceptors (Lipinski definition) is 3. The first-order chi connectivity index (χ1) is 8.38. The van der Waals surface area contributed by atoms with Gasteiger partial charge in [-0.15, -0.1) is 0 Å². The van der Waals surface area contributed by atoms with Crippen molar-refractivity contribution in [1.29, 1.82) is 0 Å². The van der Waals surface area contributed by atoms with Crippen LogP contribution in [0.2, 0.25) is 5.02 Å². The summed E-state index contributed by atoms with van der Waals surface area (Å²) in [5.74, 6) is -0.406. The van der Waals surface area contributed by atoms with Crippen molar-refractivity contribution in [3.63, 3.8) is 0 Å². The van der Waals surface area contributed by atoms with E-state index in [0.29, 0.717) is 16.4 Å². The summed E-state index contributed by atoms with van der Waals surface area (Å²) in [6.45, 7) is 3.14. The van der Waals surface area contributed by atoms with Crippen LogP contribution in [-0.2, 0) is 9.59 Å². The Kier molecular flexibility index (Phi) is 5.12. The lowest BCUT2D eigenvalue weighted by Crippen LogP contribution is -2.24. The van der Waals surface area contributed by atoms with E-state index in [1.807, 2.05) is 0 Å². The van der Waals surface area contributed by atoms with Crippen LogP contribution in [0.15, 0.2) is 18.2 Å². The van der Waals surface area contributed by atoms with Crippen LogP contribution >= 0.6 is 11.6 Å². The first-order valence-electron chi connectivity index (χ1n) is 5.51. The molecule has 4 N–H and O–H groups in total. The van der Waals surface area contributed by atoms with Gasteiger partial charge < -0.3 is 16.4 Å². The van der Waals surface area contributed by atoms with E-state index in [0.717, 1.165) is 0 Å². The summed E-state index contributed by atoms with van der Waals surface area (Å²) in [6.07, 6.45) is 0.234. The van der Waals surface area contributed by atoms with Crippen LogP contribution in [0.5, 0.6) is 0 Å². The first-order valence-corrected chi connectivity index (χ1v) is 5.89. The molecule has 1 atom stereocenters. The molecule has 0 radical (unpaired) electrons. The topological polar surface area (TPSA) is 84.2 Å². The molecule has 18 heavy (non-hydrogen) atoms. The van der Waals surface area contributed by atoms with Crippen molar-refractivity contribution in [1.82, 2.24) is 0 Å². The average Bonchev–Trinajstić information content (AvgIpc) is 2.21. The minimum absolute atomic E-state index is 0.180. The quantitative estimate of drug-likeness (QED) is 0.781. The second kappa shape index (κ2) is 6.37. The maximum absolute atomic E-state index is 11.5. The number of amides is 2. The zero-order valence-corrected chi connectivity index (χ0v) is 11.0. The number of carbonyl (C=O) groups excluding carboxylic acids is 2. The number of anilines is 2. The summed E-state index contributed by atoms with van der Waals surface area (Å²) in [5, 5.41) is 5.68. The lowest BCUT2D eigenvalue weighted by atomic mass is 10.2. The molecule has 2 amide bonds. The summed E-state index contributed by atoms with van der Waals surface area (Å²) in [4.78, 5) is 22.5. The smallest absolute Gasteiger partial charge is 0.225 e. The van der Waals surface area contributed by atoms with Crippen molar-refractivity contribution < 1.29 is 9.59 Å². The van der Waals surface area contributed by atoms with Gasteiger partial charge in [-0.3, -0.25) is 9.59 Å². The molecule has 0 aliphatic rings. The van der Waals surface area contributed by atoms with E-state index in [1.54, 1.807) is 25.1 Å². The standard InChI is InChI=1S/C12H16ClN3O2/c1-7(14)5-12(18)16-9-3-4-10(13)11(6-9)15-8(2)17/h3-4,6-7H,5,14H2,1-2H3,(H,15,17)(H,16,18). The third-order valence-corrected chi connectivity index (χ3v) is 2.40. The van der Waals surface area contributed by atoms with E-state index in [9.17, 15) is 9.59 Å². The molecule has 6 heteroatoms. The van der Waals surface area contributed by atoms with E-state index in [-0.39, 0.29) is 24.3 Å². The van der Waals surface area contributed by atoms with Crippen molar-refractivity contribution in [2.24, 2.45) is 5.73 Å². The summed E-state index contributed by atoms with van der Waals surface area (Å²) in [6, 6.07) is 4.66. The maximum Gasteiger partial charge on any atom is 0.225 e. The molecule has 0 bridgehead atoms. The van der Waals surface area contributed by atoms with Crippen molar-refractivity contribution >= 4 is 34.8 Å². The zero-order valence-electron chi connectivity index (χ0n) is 10.3. The number of carbonyl (C=O) groups is 2. The molecular weight excluding hydrogens is 254 g/mol. The molecule has 1 unspecified atom stereocenters. The summed E-state index contributed by atoms with van der Waals surface area (Å²) < 4.78 is 0. The van der Waals surface area contributed by atoms with Crippen molar-refractivity contribution in [2.75, 3.05) is 10.6 Å². The van der Waals surface area contributed by atoms with Gasteiger partial charge in [0.15, 0.2) is 0 Å². The molecule has 0 saturated carbocycles. The molecule has 0 aliphatic heterocycles. The number of rotatable bonds is 4. The highest BCUT2D eigenvalue weighted by Crippen LogP contribution is 2.25. The first kappa shape index (κ1) is 14.5. The number of halogens is 1. The Morgan fingerprint density at radius 1 is 1.39 bits per heavy atom. The molecule has 0 aliphatic carbocycles. The third-order valence-electron chi connectivity index (χ3n) is 2.07. The Hall–Kier alpha value is -1.59. The van der Waals surface area contributed by atoms with E-state index in [2.05, 4.69) is 10.6 Å². The van der Waals surface area contributed by atoms with Crippen molar-refractivity contribution in [3.8, 4) is 0 Å².